The van der Waals surface area contributed by atoms with Crippen molar-refractivity contribution in [1.29, 1.82) is 0 Å². The summed E-state index contributed by atoms with van der Waals surface area (Å²) in [5.41, 5.74) is 4.28. The molecule has 0 saturated carbocycles. The highest BCUT2D eigenvalue weighted by atomic mass is 127. The molecule has 0 bridgehead atoms. The van der Waals surface area contributed by atoms with Crippen LogP contribution in [0.15, 0.2) is 29.3 Å². The smallest absolute Gasteiger partial charge is 0.422 e. The number of halogens is 4. The Labute approximate surface area is 192 Å². The topological polar surface area (TPSA) is 63.5 Å². The van der Waals surface area contributed by atoms with Gasteiger partial charge >= 0.3 is 6.18 Å². The monoisotopic (exact) mass is 539 g/mol. The number of aromatic nitrogens is 2. The summed E-state index contributed by atoms with van der Waals surface area (Å²) in [5.74, 6) is 0.867. The molecule has 0 amide bonds. The van der Waals surface area contributed by atoms with Gasteiger partial charge in [0.2, 0.25) is 0 Å². The number of nitrogens with one attached hydrogen (secondary N) is 2. The third-order valence-electron chi connectivity index (χ3n) is 4.42. The molecule has 0 spiro atoms. The van der Waals surface area contributed by atoms with Crippen LogP contribution in [0.25, 0.3) is 0 Å². The van der Waals surface area contributed by atoms with Gasteiger partial charge in [0.25, 0.3) is 0 Å². The second-order valence-corrected chi connectivity index (χ2v) is 6.69. The summed E-state index contributed by atoms with van der Waals surface area (Å²) in [4.78, 5) is 4.53. The predicted octanol–water partition coefficient (Wildman–Crippen LogP) is 3.89. The van der Waals surface area contributed by atoms with E-state index in [0.717, 1.165) is 29.9 Å². The Hall–Kier alpha value is -1.98. The van der Waals surface area contributed by atoms with Crippen LogP contribution in [0, 0.1) is 13.8 Å². The summed E-state index contributed by atoms with van der Waals surface area (Å²) < 4.78 is 43.2. The number of benzene rings is 1. The number of ether oxygens (including phenoxy) is 1. The minimum Gasteiger partial charge on any atom is -0.484 e. The van der Waals surface area contributed by atoms with Gasteiger partial charge in [-0.15, -0.1) is 24.0 Å². The number of alkyl halides is 3. The Morgan fingerprint density at radius 1 is 1.17 bits per heavy atom. The van der Waals surface area contributed by atoms with E-state index in [9.17, 15) is 13.2 Å². The Balaban J connectivity index is 0.00000450. The van der Waals surface area contributed by atoms with E-state index in [4.69, 9.17) is 4.74 Å². The normalized spacial score (nSPS) is 11.8. The van der Waals surface area contributed by atoms with E-state index in [1.807, 2.05) is 25.6 Å². The second-order valence-electron chi connectivity index (χ2n) is 6.69. The number of rotatable bonds is 8. The van der Waals surface area contributed by atoms with Gasteiger partial charge in [0.05, 0.1) is 12.2 Å². The second kappa shape index (κ2) is 12.0. The molecule has 1 aromatic heterocycles. The summed E-state index contributed by atoms with van der Waals surface area (Å²) in [6, 6.07) is 6.46. The lowest BCUT2D eigenvalue weighted by atomic mass is 10.1. The van der Waals surface area contributed by atoms with Crippen molar-refractivity contribution in [2.75, 3.05) is 19.7 Å². The zero-order valence-electron chi connectivity index (χ0n) is 17.6. The van der Waals surface area contributed by atoms with Crippen molar-refractivity contribution in [2.45, 2.75) is 39.9 Å². The van der Waals surface area contributed by atoms with Crippen molar-refractivity contribution in [3.8, 4) is 5.75 Å². The molecule has 1 heterocycles. The number of hydrogen-bond acceptors (Lipinski definition) is 3. The van der Waals surface area contributed by atoms with Crippen LogP contribution >= 0.6 is 24.0 Å². The van der Waals surface area contributed by atoms with Crippen LogP contribution in [0.2, 0.25) is 0 Å². The third-order valence-corrected chi connectivity index (χ3v) is 4.42. The Bertz CT molecular complexity index is 819. The van der Waals surface area contributed by atoms with Crippen molar-refractivity contribution >= 4 is 29.9 Å². The van der Waals surface area contributed by atoms with E-state index in [1.54, 1.807) is 12.1 Å². The zero-order chi connectivity index (χ0) is 21.4. The van der Waals surface area contributed by atoms with Crippen LogP contribution in [-0.4, -0.2) is 41.6 Å². The van der Waals surface area contributed by atoms with E-state index < -0.39 is 12.8 Å². The first kappa shape index (κ1) is 26.1. The fourth-order valence-corrected chi connectivity index (χ4v) is 2.85. The molecule has 0 aliphatic rings. The highest BCUT2D eigenvalue weighted by Crippen LogP contribution is 2.19. The van der Waals surface area contributed by atoms with Crippen LogP contribution in [0.1, 0.15) is 29.4 Å². The molecule has 10 heteroatoms. The number of aryl methyl sites for hydroxylation is 2. The van der Waals surface area contributed by atoms with E-state index in [1.165, 1.54) is 17.7 Å². The Kier molecular flexibility index (Phi) is 10.4. The molecule has 0 radical (unpaired) electrons. The van der Waals surface area contributed by atoms with Crippen LogP contribution in [-0.2, 0) is 20.0 Å². The molecule has 0 saturated heterocycles. The van der Waals surface area contributed by atoms with Gasteiger partial charge in [-0.25, -0.2) is 4.99 Å². The lowest BCUT2D eigenvalue weighted by Gasteiger charge is -2.12. The van der Waals surface area contributed by atoms with E-state index in [-0.39, 0.29) is 29.7 Å². The average molecular weight is 539 g/mol. The first-order chi connectivity index (χ1) is 13.7. The minimum atomic E-state index is -4.34. The Morgan fingerprint density at radius 3 is 2.37 bits per heavy atom. The molecule has 30 heavy (non-hydrogen) atoms. The van der Waals surface area contributed by atoms with Crippen LogP contribution in [0.3, 0.4) is 0 Å². The third kappa shape index (κ3) is 8.41. The molecule has 168 valence electrons. The van der Waals surface area contributed by atoms with E-state index >= 15 is 0 Å². The van der Waals surface area contributed by atoms with Gasteiger partial charge < -0.3 is 15.4 Å². The van der Waals surface area contributed by atoms with Crippen molar-refractivity contribution in [3.63, 3.8) is 0 Å². The first-order valence-electron chi connectivity index (χ1n) is 9.49. The fourth-order valence-electron chi connectivity index (χ4n) is 2.85. The van der Waals surface area contributed by atoms with Gasteiger partial charge in [0, 0.05) is 25.8 Å². The molecule has 0 aliphatic heterocycles. The molecule has 0 unspecified atom stereocenters. The molecule has 1 aromatic carbocycles. The van der Waals surface area contributed by atoms with Gasteiger partial charge in [0.1, 0.15) is 5.75 Å². The average Bonchev–Trinajstić information content (AvgIpc) is 2.90. The molecule has 6 nitrogen and oxygen atoms in total. The molecule has 2 rings (SSSR count). The van der Waals surface area contributed by atoms with E-state index in [0.29, 0.717) is 19.0 Å². The summed E-state index contributed by atoms with van der Waals surface area (Å²) >= 11 is 0. The molecule has 2 aromatic rings. The maximum atomic E-state index is 12.2. The van der Waals surface area contributed by atoms with Gasteiger partial charge in [-0.3, -0.25) is 4.68 Å². The highest BCUT2D eigenvalue weighted by molar-refractivity contribution is 14.0. The summed E-state index contributed by atoms with van der Waals surface area (Å²) in [7, 11) is 1.93. The van der Waals surface area contributed by atoms with Crippen LogP contribution < -0.4 is 15.4 Å². The SMILES string of the molecule is CCNC(=NCc1ccc(OCC(F)(F)F)cc1)NCCc1c(C)nn(C)c1C.I. The van der Waals surface area contributed by atoms with Gasteiger partial charge in [-0.05, 0) is 50.5 Å². The molecular formula is C20H29F3IN5O. The summed E-state index contributed by atoms with van der Waals surface area (Å²) in [5, 5.41) is 10.9. The quantitative estimate of drug-likeness (QED) is 0.304. The van der Waals surface area contributed by atoms with E-state index in [2.05, 4.69) is 27.6 Å². The van der Waals surface area contributed by atoms with Gasteiger partial charge in [-0.2, -0.15) is 18.3 Å². The standard InChI is InChI=1S/C20H28F3N5O.HI/c1-5-24-19(25-11-10-18-14(2)27-28(4)15(18)3)26-12-16-6-8-17(9-7-16)29-13-20(21,22)23;/h6-9H,5,10-13H2,1-4H3,(H2,24,25,26);1H. The fraction of sp³-hybridized carbons (Fsp3) is 0.500. The molecular weight excluding hydrogens is 510 g/mol. The zero-order valence-corrected chi connectivity index (χ0v) is 20.0. The minimum absolute atomic E-state index is 0. The van der Waals surface area contributed by atoms with Gasteiger partial charge in [-0.1, -0.05) is 12.1 Å². The number of guanidine groups is 1. The predicted molar refractivity (Wildman–Crippen MR) is 123 cm³/mol. The largest absolute Gasteiger partial charge is 0.484 e. The van der Waals surface area contributed by atoms with Crippen molar-refractivity contribution in [3.05, 3.63) is 46.8 Å². The van der Waals surface area contributed by atoms with Crippen molar-refractivity contribution in [2.24, 2.45) is 12.0 Å². The highest BCUT2D eigenvalue weighted by Gasteiger charge is 2.28. The molecule has 0 fully saturated rings. The summed E-state index contributed by atoms with van der Waals surface area (Å²) in [6.45, 7) is 6.58. The number of nitrogens with zero attached hydrogens (tertiary/aromatic N) is 3. The number of hydrogen-bond donors (Lipinski definition) is 2. The maximum absolute atomic E-state index is 12.2. The molecule has 0 atom stereocenters. The maximum Gasteiger partial charge on any atom is 0.422 e. The molecule has 2 N–H and O–H groups in total. The van der Waals surface area contributed by atoms with Crippen molar-refractivity contribution < 1.29 is 17.9 Å². The summed E-state index contributed by atoms with van der Waals surface area (Å²) in [6.07, 6.45) is -3.51. The lowest BCUT2D eigenvalue weighted by Crippen LogP contribution is -2.38. The van der Waals surface area contributed by atoms with Gasteiger partial charge in [0.15, 0.2) is 12.6 Å². The Morgan fingerprint density at radius 2 is 1.83 bits per heavy atom. The lowest BCUT2D eigenvalue weighted by molar-refractivity contribution is -0.153. The van der Waals surface area contributed by atoms with Crippen LogP contribution in [0.4, 0.5) is 13.2 Å². The first-order valence-corrected chi connectivity index (χ1v) is 9.49. The van der Waals surface area contributed by atoms with Crippen LogP contribution in [0.5, 0.6) is 5.75 Å². The van der Waals surface area contributed by atoms with Crippen molar-refractivity contribution in [1.82, 2.24) is 20.4 Å². The molecule has 0 aliphatic carbocycles. The number of aliphatic imine (C=N–C) groups is 1.